The average Bonchev–Trinajstić information content (AvgIpc) is 2.68. The average molecular weight is 331 g/mol. The molecule has 0 aliphatic carbocycles. The molecule has 0 spiro atoms. The molecular weight excluding hydrogens is 310 g/mol. The molecular formula is C22H21NO2. The fourth-order valence-electron chi connectivity index (χ4n) is 2.85. The van der Waals surface area contributed by atoms with Crippen molar-refractivity contribution < 1.29 is 9.90 Å². The lowest BCUT2D eigenvalue weighted by molar-refractivity contribution is -0.122. The maximum Gasteiger partial charge on any atom is 0.225 e. The number of hydrogen-bond donors (Lipinski definition) is 2. The molecule has 0 aliphatic rings. The molecule has 3 aromatic rings. The molecule has 0 saturated heterocycles. The van der Waals surface area contributed by atoms with Gasteiger partial charge in [0.2, 0.25) is 5.91 Å². The summed E-state index contributed by atoms with van der Waals surface area (Å²) in [5, 5.41) is 13.8. The lowest BCUT2D eigenvalue weighted by atomic mass is 9.95. The van der Waals surface area contributed by atoms with Crippen LogP contribution in [0.25, 0.3) is 0 Å². The van der Waals surface area contributed by atoms with Crippen molar-refractivity contribution in [3.05, 3.63) is 108 Å². The molecule has 0 aliphatic heterocycles. The van der Waals surface area contributed by atoms with E-state index < -0.39 is 12.1 Å². The Morgan fingerprint density at radius 2 is 1.24 bits per heavy atom. The van der Waals surface area contributed by atoms with Crippen LogP contribution in [-0.2, 0) is 11.2 Å². The van der Waals surface area contributed by atoms with Gasteiger partial charge in [0, 0.05) is 0 Å². The summed E-state index contributed by atoms with van der Waals surface area (Å²) in [5.74, 6) is -0.116. The number of hydrogen-bond acceptors (Lipinski definition) is 2. The van der Waals surface area contributed by atoms with Gasteiger partial charge in [-0.15, -0.1) is 0 Å². The van der Waals surface area contributed by atoms with Crippen LogP contribution in [-0.4, -0.2) is 11.0 Å². The molecule has 0 radical (unpaired) electrons. The van der Waals surface area contributed by atoms with Crippen molar-refractivity contribution in [3.8, 4) is 0 Å². The zero-order valence-corrected chi connectivity index (χ0v) is 13.9. The Bertz CT molecular complexity index is 788. The van der Waals surface area contributed by atoms with Gasteiger partial charge in [0.15, 0.2) is 0 Å². The van der Waals surface area contributed by atoms with Gasteiger partial charge in [-0.3, -0.25) is 4.79 Å². The monoisotopic (exact) mass is 331 g/mol. The van der Waals surface area contributed by atoms with Crippen LogP contribution in [0.1, 0.15) is 28.8 Å². The highest BCUT2D eigenvalue weighted by molar-refractivity contribution is 5.79. The van der Waals surface area contributed by atoms with Crippen LogP contribution in [0.4, 0.5) is 0 Å². The molecule has 0 aromatic heterocycles. The van der Waals surface area contributed by atoms with Crippen LogP contribution in [0, 0.1) is 0 Å². The van der Waals surface area contributed by atoms with Gasteiger partial charge in [0.05, 0.1) is 12.5 Å². The van der Waals surface area contributed by atoms with Crippen LogP contribution in [0.15, 0.2) is 91.0 Å². The molecule has 2 N–H and O–H groups in total. The number of benzene rings is 3. The van der Waals surface area contributed by atoms with Gasteiger partial charge < -0.3 is 10.4 Å². The van der Waals surface area contributed by atoms with Crippen molar-refractivity contribution in [1.29, 1.82) is 0 Å². The highest BCUT2D eigenvalue weighted by Crippen LogP contribution is 2.28. The Balaban J connectivity index is 1.80. The second-order valence-electron chi connectivity index (χ2n) is 5.97. The summed E-state index contributed by atoms with van der Waals surface area (Å²) < 4.78 is 0. The van der Waals surface area contributed by atoms with Crippen molar-refractivity contribution in [3.63, 3.8) is 0 Å². The van der Waals surface area contributed by atoms with Crippen LogP contribution >= 0.6 is 0 Å². The van der Waals surface area contributed by atoms with E-state index in [2.05, 4.69) is 5.32 Å². The van der Waals surface area contributed by atoms with Crippen molar-refractivity contribution in [1.82, 2.24) is 5.32 Å². The normalized spacial score (nSPS) is 13.0. The number of aliphatic hydroxyl groups is 1. The second kappa shape index (κ2) is 8.27. The smallest absolute Gasteiger partial charge is 0.225 e. The number of rotatable bonds is 6. The van der Waals surface area contributed by atoms with E-state index in [1.54, 1.807) is 0 Å². The topological polar surface area (TPSA) is 49.3 Å². The second-order valence-corrected chi connectivity index (χ2v) is 5.97. The first-order chi connectivity index (χ1) is 12.2. The maximum absolute atomic E-state index is 12.5. The Hall–Kier alpha value is -2.91. The number of carbonyl (C=O) groups is 1. The maximum atomic E-state index is 12.5. The third-order valence-corrected chi connectivity index (χ3v) is 4.14. The fraction of sp³-hybridized carbons (Fsp3) is 0.136. The predicted molar refractivity (Wildman–Crippen MR) is 98.9 cm³/mol. The molecule has 3 nitrogen and oxygen atoms in total. The largest absolute Gasteiger partial charge is 0.386 e. The van der Waals surface area contributed by atoms with Crippen LogP contribution in [0.2, 0.25) is 0 Å². The van der Waals surface area contributed by atoms with E-state index in [9.17, 15) is 9.90 Å². The SMILES string of the molecule is O=C(Cc1ccccc1)N[C@@H](c1ccccc1)[C@@H](O)c1ccccc1. The van der Waals surface area contributed by atoms with Crippen molar-refractivity contribution in [2.75, 3.05) is 0 Å². The van der Waals surface area contributed by atoms with Gasteiger partial charge in [0.1, 0.15) is 6.10 Å². The van der Waals surface area contributed by atoms with E-state index in [-0.39, 0.29) is 12.3 Å². The van der Waals surface area contributed by atoms with Gasteiger partial charge in [-0.25, -0.2) is 0 Å². The molecule has 3 aromatic carbocycles. The molecule has 1 amide bonds. The predicted octanol–water partition coefficient (Wildman–Crippen LogP) is 3.82. The van der Waals surface area contributed by atoms with Crippen molar-refractivity contribution >= 4 is 5.91 Å². The summed E-state index contributed by atoms with van der Waals surface area (Å²) >= 11 is 0. The van der Waals surface area contributed by atoms with Crippen molar-refractivity contribution in [2.45, 2.75) is 18.6 Å². The van der Waals surface area contributed by atoms with E-state index in [1.165, 1.54) is 0 Å². The first-order valence-corrected chi connectivity index (χ1v) is 8.35. The summed E-state index contributed by atoms with van der Waals surface area (Å²) in [5.41, 5.74) is 2.60. The van der Waals surface area contributed by atoms with E-state index in [4.69, 9.17) is 0 Å². The van der Waals surface area contributed by atoms with Crippen LogP contribution in [0.5, 0.6) is 0 Å². The van der Waals surface area contributed by atoms with Crippen molar-refractivity contribution in [2.24, 2.45) is 0 Å². The van der Waals surface area contributed by atoms with E-state index in [0.717, 1.165) is 16.7 Å². The summed E-state index contributed by atoms with van der Waals surface area (Å²) in [6.07, 6.45) is -0.533. The third-order valence-electron chi connectivity index (χ3n) is 4.14. The van der Waals surface area contributed by atoms with E-state index in [1.807, 2.05) is 91.0 Å². The Morgan fingerprint density at radius 1 is 0.760 bits per heavy atom. The zero-order valence-electron chi connectivity index (χ0n) is 13.9. The van der Waals surface area contributed by atoms with Gasteiger partial charge >= 0.3 is 0 Å². The zero-order chi connectivity index (χ0) is 17.5. The molecule has 0 saturated carbocycles. The molecule has 3 rings (SSSR count). The van der Waals surface area contributed by atoms with Gasteiger partial charge in [-0.05, 0) is 16.7 Å². The van der Waals surface area contributed by atoms with Crippen LogP contribution in [0.3, 0.4) is 0 Å². The van der Waals surface area contributed by atoms with E-state index in [0.29, 0.717) is 0 Å². The lowest BCUT2D eigenvalue weighted by Gasteiger charge is -2.25. The Kier molecular flexibility index (Phi) is 5.60. The summed E-state index contributed by atoms with van der Waals surface area (Å²) in [7, 11) is 0. The number of nitrogens with one attached hydrogen (secondary N) is 1. The van der Waals surface area contributed by atoms with Gasteiger partial charge in [-0.1, -0.05) is 91.0 Å². The summed E-state index contributed by atoms with van der Waals surface area (Å²) in [6, 6.07) is 28.1. The number of amides is 1. The van der Waals surface area contributed by atoms with Gasteiger partial charge in [-0.2, -0.15) is 0 Å². The first-order valence-electron chi connectivity index (χ1n) is 8.35. The molecule has 2 atom stereocenters. The highest BCUT2D eigenvalue weighted by Gasteiger charge is 2.24. The third kappa shape index (κ3) is 4.55. The summed E-state index contributed by atoms with van der Waals surface area (Å²) in [4.78, 5) is 12.5. The quantitative estimate of drug-likeness (QED) is 0.721. The molecule has 25 heavy (non-hydrogen) atoms. The lowest BCUT2D eigenvalue weighted by Crippen LogP contribution is -2.33. The highest BCUT2D eigenvalue weighted by atomic mass is 16.3. The standard InChI is InChI=1S/C22H21NO2/c24-20(16-17-10-4-1-5-11-17)23-21(18-12-6-2-7-13-18)22(25)19-14-8-3-9-15-19/h1-15,21-22,25H,16H2,(H,23,24)/t21-,22-/m0/s1. The molecule has 126 valence electrons. The Morgan fingerprint density at radius 3 is 1.80 bits per heavy atom. The minimum absolute atomic E-state index is 0.116. The number of carbonyl (C=O) groups excluding carboxylic acids is 1. The van der Waals surface area contributed by atoms with E-state index >= 15 is 0 Å². The fourth-order valence-corrected chi connectivity index (χ4v) is 2.85. The minimum atomic E-state index is -0.816. The first kappa shape index (κ1) is 16.9. The van der Waals surface area contributed by atoms with Gasteiger partial charge in [0.25, 0.3) is 0 Å². The molecule has 0 heterocycles. The molecule has 0 unspecified atom stereocenters. The minimum Gasteiger partial charge on any atom is -0.386 e. The Labute approximate surface area is 148 Å². The number of aliphatic hydroxyl groups excluding tert-OH is 1. The molecule has 3 heteroatoms. The van der Waals surface area contributed by atoms with Crippen LogP contribution < -0.4 is 5.32 Å². The molecule has 0 bridgehead atoms. The summed E-state index contributed by atoms with van der Waals surface area (Å²) in [6.45, 7) is 0. The molecule has 0 fully saturated rings.